The number of hydrogen-bond acceptors (Lipinski definition) is 3. The Hall–Kier alpha value is -1.30. The summed E-state index contributed by atoms with van der Waals surface area (Å²) in [6.45, 7) is 4.55. The number of benzene rings is 1. The summed E-state index contributed by atoms with van der Waals surface area (Å²) in [6, 6.07) is 5.41. The molecule has 21 heavy (non-hydrogen) atoms. The minimum absolute atomic E-state index is 0.126. The minimum Gasteiger partial charge on any atom is -0.385 e. The highest BCUT2D eigenvalue weighted by atomic mass is 35.5. The lowest BCUT2D eigenvalue weighted by Crippen LogP contribution is -2.56. The molecule has 1 aromatic rings. The molecule has 5 nitrogen and oxygen atoms in total. The molecule has 1 aliphatic heterocycles. The molecule has 1 aromatic carbocycles. The predicted molar refractivity (Wildman–Crippen MR) is 83.0 cm³/mol. The number of likely N-dealkylation sites (tertiary alicyclic amines) is 1. The van der Waals surface area contributed by atoms with Crippen LogP contribution in [-0.4, -0.2) is 50.4 Å². The van der Waals surface area contributed by atoms with E-state index in [0.717, 1.165) is 12.0 Å². The van der Waals surface area contributed by atoms with Gasteiger partial charge in [0.25, 0.3) is 0 Å². The topological polar surface area (TPSA) is 50.8 Å². The first kappa shape index (κ1) is 16.1. The maximum Gasteiger partial charge on any atom is 0.322 e. The summed E-state index contributed by atoms with van der Waals surface area (Å²) in [4.78, 5) is 13.8. The lowest BCUT2D eigenvalue weighted by molar-refractivity contribution is -0.0380. The molecule has 1 heterocycles. The number of halogens is 1. The molecule has 116 valence electrons. The van der Waals surface area contributed by atoms with Gasteiger partial charge in [-0.05, 0) is 31.0 Å². The Morgan fingerprint density at radius 1 is 1.43 bits per heavy atom. The van der Waals surface area contributed by atoms with Crippen LogP contribution in [0.25, 0.3) is 0 Å². The molecule has 0 spiro atoms. The van der Waals surface area contributed by atoms with E-state index in [9.17, 15) is 4.79 Å². The van der Waals surface area contributed by atoms with Crippen molar-refractivity contribution >= 4 is 23.3 Å². The van der Waals surface area contributed by atoms with Crippen molar-refractivity contribution in [2.75, 3.05) is 38.7 Å². The Labute approximate surface area is 130 Å². The van der Waals surface area contributed by atoms with Gasteiger partial charge < -0.3 is 19.7 Å². The lowest BCUT2D eigenvalue weighted by Gasteiger charge is -2.38. The Bertz CT molecular complexity index is 490. The fourth-order valence-electron chi connectivity index (χ4n) is 2.09. The van der Waals surface area contributed by atoms with Crippen molar-refractivity contribution in [3.63, 3.8) is 0 Å². The molecule has 0 aliphatic carbocycles. The third-order valence-corrected chi connectivity index (χ3v) is 3.67. The largest absolute Gasteiger partial charge is 0.385 e. The molecule has 6 heteroatoms. The van der Waals surface area contributed by atoms with Crippen LogP contribution in [0.15, 0.2) is 18.2 Å². The van der Waals surface area contributed by atoms with E-state index >= 15 is 0 Å². The molecule has 0 aromatic heterocycles. The Balaban J connectivity index is 1.72. The highest BCUT2D eigenvalue weighted by Gasteiger charge is 2.31. The molecule has 1 saturated heterocycles. The molecule has 2 amide bonds. The smallest absolute Gasteiger partial charge is 0.322 e. The third-order valence-electron chi connectivity index (χ3n) is 3.35. The van der Waals surface area contributed by atoms with Crippen molar-refractivity contribution < 1.29 is 14.3 Å². The van der Waals surface area contributed by atoms with Crippen LogP contribution in [-0.2, 0) is 9.47 Å². The number of nitrogens with one attached hydrogen (secondary N) is 1. The summed E-state index contributed by atoms with van der Waals surface area (Å²) in [5.41, 5.74) is 1.70. The van der Waals surface area contributed by atoms with Crippen LogP contribution in [0.1, 0.15) is 12.0 Å². The summed E-state index contributed by atoms with van der Waals surface area (Å²) in [7, 11) is 1.67. The number of amides is 2. The number of urea groups is 1. The fraction of sp³-hybridized carbons (Fsp3) is 0.533. The number of nitrogens with zero attached hydrogens (tertiary/aromatic N) is 1. The fourth-order valence-corrected chi connectivity index (χ4v) is 2.26. The second kappa shape index (κ2) is 7.64. The van der Waals surface area contributed by atoms with Gasteiger partial charge in [-0.3, -0.25) is 0 Å². The second-order valence-electron chi connectivity index (χ2n) is 5.16. The molecule has 0 unspecified atom stereocenters. The van der Waals surface area contributed by atoms with E-state index < -0.39 is 0 Å². The van der Waals surface area contributed by atoms with E-state index in [4.69, 9.17) is 21.1 Å². The van der Waals surface area contributed by atoms with E-state index in [2.05, 4.69) is 5.32 Å². The summed E-state index contributed by atoms with van der Waals surface area (Å²) in [6.07, 6.45) is 0.999. The van der Waals surface area contributed by atoms with Crippen molar-refractivity contribution in [3.8, 4) is 0 Å². The first-order valence-corrected chi connectivity index (χ1v) is 7.40. The standard InChI is InChI=1S/C15H21ClN2O3/c1-11-4-5-13(16)14(8-11)17-15(19)18-9-12(10-18)21-7-3-6-20-2/h4-5,8,12H,3,6-7,9-10H2,1-2H3,(H,17,19). The van der Waals surface area contributed by atoms with Crippen molar-refractivity contribution in [2.24, 2.45) is 0 Å². The van der Waals surface area contributed by atoms with Gasteiger partial charge in [-0.25, -0.2) is 4.79 Å². The zero-order chi connectivity index (χ0) is 15.2. The van der Waals surface area contributed by atoms with Gasteiger partial charge in [0.2, 0.25) is 0 Å². The quantitative estimate of drug-likeness (QED) is 0.822. The molecule has 1 aliphatic rings. The summed E-state index contributed by atoms with van der Waals surface area (Å²) >= 11 is 6.06. The van der Waals surface area contributed by atoms with Gasteiger partial charge in [-0.2, -0.15) is 0 Å². The van der Waals surface area contributed by atoms with Gasteiger partial charge in [0, 0.05) is 20.3 Å². The van der Waals surface area contributed by atoms with Crippen LogP contribution in [0.2, 0.25) is 5.02 Å². The number of hydrogen-bond donors (Lipinski definition) is 1. The summed E-state index contributed by atoms with van der Waals surface area (Å²) in [5, 5.41) is 3.37. The van der Waals surface area contributed by atoms with Crippen molar-refractivity contribution in [3.05, 3.63) is 28.8 Å². The van der Waals surface area contributed by atoms with Crippen molar-refractivity contribution in [2.45, 2.75) is 19.4 Å². The monoisotopic (exact) mass is 312 g/mol. The normalized spacial score (nSPS) is 14.9. The molecule has 1 N–H and O–H groups in total. The number of carbonyl (C=O) groups is 1. The van der Waals surface area contributed by atoms with Crippen LogP contribution in [0.4, 0.5) is 10.5 Å². The highest BCUT2D eigenvalue weighted by Crippen LogP contribution is 2.24. The predicted octanol–water partition coefficient (Wildman–Crippen LogP) is 2.92. The number of anilines is 1. The number of methoxy groups -OCH3 is 1. The zero-order valence-corrected chi connectivity index (χ0v) is 13.2. The highest BCUT2D eigenvalue weighted by molar-refractivity contribution is 6.33. The van der Waals surface area contributed by atoms with E-state index in [1.807, 2.05) is 19.1 Å². The van der Waals surface area contributed by atoms with Crippen LogP contribution in [0.3, 0.4) is 0 Å². The molecule has 1 fully saturated rings. The Morgan fingerprint density at radius 3 is 2.90 bits per heavy atom. The average molecular weight is 313 g/mol. The van der Waals surface area contributed by atoms with Gasteiger partial charge in [0.05, 0.1) is 29.9 Å². The molecule has 0 radical (unpaired) electrons. The molecular formula is C15H21ClN2O3. The zero-order valence-electron chi connectivity index (χ0n) is 12.4. The number of carbonyl (C=O) groups excluding carboxylic acids is 1. The number of ether oxygens (including phenoxy) is 2. The average Bonchev–Trinajstić information content (AvgIpc) is 2.40. The van der Waals surface area contributed by atoms with Gasteiger partial charge in [0.1, 0.15) is 0 Å². The number of rotatable bonds is 6. The number of aryl methyl sites for hydroxylation is 1. The SMILES string of the molecule is COCCCOC1CN(C(=O)Nc2cc(C)ccc2Cl)C1. The van der Waals surface area contributed by atoms with Crippen molar-refractivity contribution in [1.82, 2.24) is 4.90 Å². The molecule has 0 atom stereocenters. The van der Waals surface area contributed by atoms with Gasteiger partial charge >= 0.3 is 6.03 Å². The van der Waals surface area contributed by atoms with Crippen LogP contribution in [0, 0.1) is 6.92 Å². The van der Waals surface area contributed by atoms with Gasteiger partial charge in [-0.1, -0.05) is 17.7 Å². The molecule has 2 rings (SSSR count). The van der Waals surface area contributed by atoms with Gasteiger partial charge in [0.15, 0.2) is 0 Å². The molecule has 0 bridgehead atoms. The molecule has 0 saturated carbocycles. The van der Waals surface area contributed by atoms with Crippen LogP contribution >= 0.6 is 11.6 Å². The van der Waals surface area contributed by atoms with E-state index in [1.165, 1.54) is 0 Å². The Kier molecular flexibility index (Phi) is 5.85. The molecular weight excluding hydrogens is 292 g/mol. The third kappa shape index (κ3) is 4.59. The van der Waals surface area contributed by atoms with Crippen LogP contribution in [0.5, 0.6) is 0 Å². The second-order valence-corrected chi connectivity index (χ2v) is 5.56. The Morgan fingerprint density at radius 2 is 2.19 bits per heavy atom. The first-order chi connectivity index (χ1) is 10.1. The van der Waals surface area contributed by atoms with E-state index in [-0.39, 0.29) is 12.1 Å². The minimum atomic E-state index is -0.140. The summed E-state index contributed by atoms with van der Waals surface area (Å²) in [5.74, 6) is 0. The van der Waals surface area contributed by atoms with E-state index in [1.54, 1.807) is 18.1 Å². The first-order valence-electron chi connectivity index (χ1n) is 7.02. The summed E-state index contributed by atoms with van der Waals surface area (Å²) < 4.78 is 10.6. The maximum absolute atomic E-state index is 12.1. The van der Waals surface area contributed by atoms with Gasteiger partial charge in [-0.15, -0.1) is 0 Å². The van der Waals surface area contributed by atoms with Crippen LogP contribution < -0.4 is 5.32 Å². The van der Waals surface area contributed by atoms with Crippen molar-refractivity contribution in [1.29, 1.82) is 0 Å². The van der Waals surface area contributed by atoms with E-state index in [0.29, 0.717) is 37.0 Å². The lowest BCUT2D eigenvalue weighted by atomic mass is 10.2. The maximum atomic E-state index is 12.1.